The van der Waals surface area contributed by atoms with Gasteiger partial charge in [0.2, 0.25) is 0 Å². The fourth-order valence-corrected chi connectivity index (χ4v) is 4.95. The molecule has 3 heterocycles. The van der Waals surface area contributed by atoms with E-state index in [9.17, 15) is 25.3 Å². The number of hydrogen-bond acceptors (Lipinski definition) is 10. The van der Waals surface area contributed by atoms with Crippen LogP contribution in [0.2, 0.25) is 0 Å². The minimum Gasteiger partial charge on any atom is -0.466 e. The molecule has 12 heteroatoms. The van der Waals surface area contributed by atoms with Gasteiger partial charge in [-0.25, -0.2) is 0 Å². The summed E-state index contributed by atoms with van der Waals surface area (Å²) in [7, 11) is 0. The van der Waals surface area contributed by atoms with E-state index in [2.05, 4.69) is 4.90 Å². The van der Waals surface area contributed by atoms with E-state index in [1.54, 1.807) is 12.3 Å². The average Bonchev–Trinajstić information content (AvgIpc) is 3.53. The highest BCUT2D eigenvalue weighted by atomic mass is 16.6. The first kappa shape index (κ1) is 23.9. The molecule has 3 aromatic rings. The van der Waals surface area contributed by atoms with Crippen molar-refractivity contribution < 1.29 is 24.1 Å². The fraction of sp³-hybridized carbons (Fsp3) is 0.333. The highest BCUT2D eigenvalue weighted by Crippen LogP contribution is 2.47. The summed E-state index contributed by atoms with van der Waals surface area (Å²) in [5.74, 6) is 0.599. The summed E-state index contributed by atoms with van der Waals surface area (Å²) in [6, 6.07) is 16.2. The molecule has 2 aliphatic rings. The first-order valence-electron chi connectivity index (χ1n) is 11.5. The second-order valence-electron chi connectivity index (χ2n) is 8.59. The van der Waals surface area contributed by atoms with Crippen LogP contribution in [0.15, 0.2) is 71.3 Å². The lowest BCUT2D eigenvalue weighted by Crippen LogP contribution is -2.52. The van der Waals surface area contributed by atoms with Crippen LogP contribution >= 0.6 is 0 Å². The zero-order valence-electron chi connectivity index (χ0n) is 19.3. The first-order valence-corrected chi connectivity index (χ1v) is 11.5. The number of non-ortho nitro benzene ring substituents is 1. The minimum atomic E-state index is -1.13. The molecule has 0 spiro atoms. The van der Waals surface area contributed by atoms with Crippen molar-refractivity contribution in [3.63, 3.8) is 0 Å². The smallest absolute Gasteiger partial charge is 0.300 e. The van der Waals surface area contributed by atoms with E-state index in [-0.39, 0.29) is 18.2 Å². The second-order valence-corrected chi connectivity index (χ2v) is 8.59. The number of furan rings is 1. The van der Waals surface area contributed by atoms with Gasteiger partial charge in [0.05, 0.1) is 41.4 Å². The molecule has 1 aromatic heterocycles. The van der Waals surface area contributed by atoms with Gasteiger partial charge in [0.15, 0.2) is 0 Å². The van der Waals surface area contributed by atoms with Crippen molar-refractivity contribution in [2.45, 2.75) is 24.9 Å². The average molecular weight is 495 g/mol. The van der Waals surface area contributed by atoms with Gasteiger partial charge in [0.25, 0.3) is 5.69 Å². The summed E-state index contributed by atoms with van der Waals surface area (Å²) in [5, 5.41) is 38.0. The molecule has 36 heavy (non-hydrogen) atoms. The summed E-state index contributed by atoms with van der Waals surface area (Å²) >= 11 is 0. The van der Waals surface area contributed by atoms with Gasteiger partial charge in [0.1, 0.15) is 23.8 Å². The van der Waals surface area contributed by atoms with E-state index in [1.807, 2.05) is 41.4 Å². The summed E-state index contributed by atoms with van der Waals surface area (Å²) in [5.41, 5.74) is 0.0953. The third kappa shape index (κ3) is 4.42. The molecule has 12 nitrogen and oxygen atoms in total. The van der Waals surface area contributed by atoms with E-state index in [0.717, 1.165) is 11.6 Å². The Bertz CT molecular complexity index is 1220. The van der Waals surface area contributed by atoms with Crippen molar-refractivity contribution in [2.24, 2.45) is 0 Å². The van der Waals surface area contributed by atoms with E-state index in [0.29, 0.717) is 32.1 Å². The summed E-state index contributed by atoms with van der Waals surface area (Å²) in [4.78, 5) is 24.1. The van der Waals surface area contributed by atoms with Crippen LogP contribution in [0.5, 0.6) is 0 Å². The maximum absolute atomic E-state index is 12.0. The Balaban J connectivity index is 1.68. The number of hydrogen-bond donors (Lipinski definition) is 1. The van der Waals surface area contributed by atoms with Crippen molar-refractivity contribution in [3.8, 4) is 0 Å². The van der Waals surface area contributed by atoms with Crippen LogP contribution in [0, 0.1) is 20.2 Å². The molecule has 1 N–H and O–H groups in total. The van der Waals surface area contributed by atoms with Crippen molar-refractivity contribution >= 4 is 17.1 Å². The Labute approximate surface area is 206 Å². The molecule has 2 aromatic carbocycles. The number of nitro groups is 2. The topological polar surface area (TPSA) is 139 Å². The molecular weight excluding hydrogens is 470 g/mol. The lowest BCUT2D eigenvalue weighted by atomic mass is 10.0. The molecule has 0 amide bonds. The lowest BCUT2D eigenvalue weighted by molar-refractivity contribution is -0.393. The zero-order chi connectivity index (χ0) is 25.2. The Kier molecular flexibility index (Phi) is 6.65. The highest BCUT2D eigenvalue weighted by molar-refractivity contribution is 5.67. The number of aliphatic hydroxyl groups is 1. The number of rotatable bonds is 7. The molecule has 2 fully saturated rings. The Morgan fingerprint density at radius 2 is 1.72 bits per heavy atom. The van der Waals surface area contributed by atoms with Crippen LogP contribution in [0.3, 0.4) is 0 Å². The molecule has 0 radical (unpaired) electrons. The molecule has 0 bridgehead atoms. The third-order valence-corrected chi connectivity index (χ3v) is 6.52. The lowest BCUT2D eigenvalue weighted by Gasteiger charge is -2.44. The van der Waals surface area contributed by atoms with Crippen LogP contribution in [0.1, 0.15) is 30.0 Å². The van der Waals surface area contributed by atoms with Crippen LogP contribution in [0.4, 0.5) is 17.1 Å². The van der Waals surface area contributed by atoms with Gasteiger partial charge >= 0.3 is 5.69 Å². The zero-order valence-corrected chi connectivity index (χ0v) is 19.3. The van der Waals surface area contributed by atoms with Crippen molar-refractivity contribution in [3.05, 3.63) is 98.5 Å². The van der Waals surface area contributed by atoms with Crippen LogP contribution in [0.25, 0.3) is 0 Å². The molecule has 0 saturated carbocycles. The van der Waals surface area contributed by atoms with E-state index in [4.69, 9.17) is 9.15 Å². The van der Waals surface area contributed by atoms with Gasteiger partial charge in [-0.05, 0) is 23.8 Å². The van der Waals surface area contributed by atoms with Gasteiger partial charge in [-0.15, -0.1) is 0 Å². The van der Waals surface area contributed by atoms with Crippen molar-refractivity contribution in [1.29, 1.82) is 0 Å². The van der Waals surface area contributed by atoms with Gasteiger partial charge in [-0.1, -0.05) is 30.3 Å². The summed E-state index contributed by atoms with van der Waals surface area (Å²) < 4.78 is 11.4. The molecule has 2 aliphatic heterocycles. The van der Waals surface area contributed by atoms with Crippen LogP contribution in [-0.4, -0.2) is 57.4 Å². The third-order valence-electron chi connectivity index (χ3n) is 6.52. The number of nitrogens with zero attached hydrogens (tertiary/aromatic N) is 5. The van der Waals surface area contributed by atoms with Gasteiger partial charge in [-0.3, -0.25) is 30.1 Å². The van der Waals surface area contributed by atoms with Crippen LogP contribution < -0.4 is 5.01 Å². The van der Waals surface area contributed by atoms with E-state index in [1.165, 1.54) is 17.1 Å². The monoisotopic (exact) mass is 495 g/mol. The SMILES string of the molecule is O=[N+]([O-])c1ccc(N2C(O)CC(c3ccccc3)N2C(c2ccco2)N2CCOCC2)c([N+](=O)[O-])c1. The Morgan fingerprint density at radius 1 is 0.972 bits per heavy atom. The number of benzene rings is 2. The summed E-state index contributed by atoms with van der Waals surface area (Å²) in [6.07, 6.45) is 0.153. The number of aliphatic hydroxyl groups excluding tert-OH is 1. The van der Waals surface area contributed by atoms with E-state index >= 15 is 0 Å². The van der Waals surface area contributed by atoms with Crippen LogP contribution in [-0.2, 0) is 4.74 Å². The molecule has 2 saturated heterocycles. The van der Waals surface area contributed by atoms with Gasteiger partial charge < -0.3 is 14.3 Å². The van der Waals surface area contributed by atoms with Crippen molar-refractivity contribution in [1.82, 2.24) is 9.91 Å². The number of nitro benzene ring substituents is 2. The second kappa shape index (κ2) is 10.0. The quantitative estimate of drug-likeness (QED) is 0.382. The molecule has 0 aliphatic carbocycles. The molecule has 3 unspecified atom stereocenters. The van der Waals surface area contributed by atoms with Gasteiger partial charge in [-0.2, -0.15) is 5.01 Å². The predicted octanol–water partition coefficient (Wildman–Crippen LogP) is 3.61. The normalized spacial score (nSPS) is 22.0. The van der Waals surface area contributed by atoms with Gasteiger partial charge in [0, 0.05) is 25.6 Å². The largest absolute Gasteiger partial charge is 0.466 e. The maximum Gasteiger partial charge on any atom is 0.300 e. The Morgan fingerprint density at radius 3 is 2.36 bits per heavy atom. The highest BCUT2D eigenvalue weighted by Gasteiger charge is 2.48. The standard InChI is InChI=1S/C24H25N5O7/c30-23-16-20(17-5-2-1-3-6-17)27(24(22-7-4-12-36-22)25-10-13-35-14-11-25)26(23)19-9-8-18(28(31)32)15-21(19)29(33)34/h1-9,12,15,20,23-24,30H,10-11,13-14,16H2. The molecular formula is C24H25N5O7. The van der Waals surface area contributed by atoms with E-state index < -0.39 is 33.6 Å². The number of morpholine rings is 1. The fourth-order valence-electron chi connectivity index (χ4n) is 4.95. The number of ether oxygens (including phenoxy) is 1. The number of anilines is 1. The minimum absolute atomic E-state index is 0.0568. The predicted molar refractivity (Wildman–Crippen MR) is 128 cm³/mol. The maximum atomic E-state index is 12.0. The summed E-state index contributed by atoms with van der Waals surface area (Å²) in [6.45, 7) is 2.16. The molecule has 3 atom stereocenters. The Hall–Kier alpha value is -3.84. The molecule has 5 rings (SSSR count). The molecule has 188 valence electrons. The van der Waals surface area contributed by atoms with Crippen molar-refractivity contribution in [2.75, 3.05) is 31.3 Å². The number of hydrazine groups is 1. The first-order chi connectivity index (χ1) is 17.5.